The molecule has 2 fully saturated rings. The zero-order chi connectivity index (χ0) is 22.8. The molecule has 6 atom stereocenters. The largest absolute Gasteiger partial charge is 0.376 e. The van der Waals surface area contributed by atoms with Crippen LogP contribution in [-0.2, 0) is 4.74 Å². The van der Waals surface area contributed by atoms with E-state index >= 15 is 0 Å². The van der Waals surface area contributed by atoms with Crippen LogP contribution >= 0.6 is 0 Å². The number of unbranched alkanes of at least 4 members (excludes halogenated alkanes) is 3. The number of ether oxygens (including phenoxy) is 1. The quantitative estimate of drug-likeness (QED) is 0.251. The summed E-state index contributed by atoms with van der Waals surface area (Å²) in [7, 11) is -1.37. The van der Waals surface area contributed by atoms with Gasteiger partial charge in [-0.1, -0.05) is 100 Å². The number of hydrogen-bond donors (Lipinski definition) is 0. The molecule has 0 heterocycles. The SMILES string of the molecule is CC(C)(C)OCCCCCCC1CCC([Si](C)(C)C2C3C=CC=CC3C3C=CC=CC32)C1. The van der Waals surface area contributed by atoms with E-state index in [1.165, 1.54) is 51.4 Å². The zero-order valence-corrected chi connectivity index (χ0v) is 22.4. The molecule has 0 aromatic heterocycles. The van der Waals surface area contributed by atoms with E-state index in [-0.39, 0.29) is 5.60 Å². The van der Waals surface area contributed by atoms with Crippen LogP contribution in [0.15, 0.2) is 48.6 Å². The van der Waals surface area contributed by atoms with Gasteiger partial charge < -0.3 is 4.74 Å². The second kappa shape index (κ2) is 10.2. The molecular weight excluding hydrogens is 404 g/mol. The Morgan fingerprint density at radius 3 is 1.91 bits per heavy atom. The molecule has 4 aliphatic rings. The fourth-order valence-electron chi connectivity index (χ4n) is 7.57. The third-order valence-electron chi connectivity index (χ3n) is 9.21. The predicted molar refractivity (Wildman–Crippen MR) is 142 cm³/mol. The summed E-state index contributed by atoms with van der Waals surface area (Å²) in [5, 5.41) is 0. The maximum atomic E-state index is 5.87. The van der Waals surface area contributed by atoms with Crippen LogP contribution in [0.3, 0.4) is 0 Å². The van der Waals surface area contributed by atoms with Crippen LogP contribution < -0.4 is 0 Å². The average molecular weight is 453 g/mol. The van der Waals surface area contributed by atoms with Gasteiger partial charge in [-0.15, -0.1) is 0 Å². The summed E-state index contributed by atoms with van der Waals surface area (Å²) in [4.78, 5) is 0. The van der Waals surface area contributed by atoms with Crippen molar-refractivity contribution in [3.63, 3.8) is 0 Å². The Morgan fingerprint density at radius 2 is 1.31 bits per heavy atom. The lowest BCUT2D eigenvalue weighted by Crippen LogP contribution is -2.42. The highest BCUT2D eigenvalue weighted by Gasteiger charge is 2.55. The van der Waals surface area contributed by atoms with Gasteiger partial charge in [0.1, 0.15) is 0 Å². The average Bonchev–Trinajstić information content (AvgIpc) is 3.36. The zero-order valence-electron chi connectivity index (χ0n) is 21.4. The van der Waals surface area contributed by atoms with Crippen LogP contribution in [0.2, 0.25) is 24.2 Å². The van der Waals surface area contributed by atoms with Crippen molar-refractivity contribution in [2.75, 3.05) is 6.61 Å². The molecule has 32 heavy (non-hydrogen) atoms. The van der Waals surface area contributed by atoms with Crippen molar-refractivity contribution in [3.8, 4) is 0 Å². The van der Waals surface area contributed by atoms with E-state index in [2.05, 4.69) is 82.5 Å². The van der Waals surface area contributed by atoms with Crippen LogP contribution in [-0.4, -0.2) is 20.3 Å². The number of hydrogen-bond acceptors (Lipinski definition) is 1. The first-order valence-corrected chi connectivity index (χ1v) is 16.8. The van der Waals surface area contributed by atoms with Crippen molar-refractivity contribution >= 4 is 8.07 Å². The second-order valence-electron chi connectivity index (χ2n) is 12.7. The van der Waals surface area contributed by atoms with E-state index in [9.17, 15) is 0 Å². The minimum Gasteiger partial charge on any atom is -0.376 e. The molecule has 0 aromatic carbocycles. The molecule has 0 aliphatic heterocycles. The lowest BCUT2D eigenvalue weighted by molar-refractivity contribution is -0.00476. The van der Waals surface area contributed by atoms with E-state index in [0.717, 1.165) is 47.3 Å². The molecule has 1 nitrogen and oxygen atoms in total. The fourth-order valence-corrected chi connectivity index (χ4v) is 12.6. The van der Waals surface area contributed by atoms with E-state index < -0.39 is 8.07 Å². The summed E-state index contributed by atoms with van der Waals surface area (Å²) >= 11 is 0. The molecule has 0 aromatic rings. The lowest BCUT2D eigenvalue weighted by Gasteiger charge is -2.42. The van der Waals surface area contributed by atoms with Crippen molar-refractivity contribution < 1.29 is 4.74 Å². The van der Waals surface area contributed by atoms with E-state index in [1.54, 1.807) is 0 Å². The van der Waals surface area contributed by atoms with Gasteiger partial charge in [0.2, 0.25) is 0 Å². The molecule has 0 saturated heterocycles. The summed E-state index contributed by atoms with van der Waals surface area (Å²) in [6.45, 7) is 12.9. The molecule has 0 radical (unpaired) electrons. The summed E-state index contributed by atoms with van der Waals surface area (Å²) in [6, 6.07) is 0. The van der Waals surface area contributed by atoms with E-state index in [1.807, 2.05) is 0 Å². The highest BCUT2D eigenvalue weighted by Crippen LogP contribution is 2.62. The summed E-state index contributed by atoms with van der Waals surface area (Å²) in [6.07, 6.45) is 30.9. The molecule has 0 spiro atoms. The highest BCUT2D eigenvalue weighted by molar-refractivity contribution is 6.80. The molecule has 0 bridgehead atoms. The van der Waals surface area contributed by atoms with Crippen molar-refractivity contribution in [1.82, 2.24) is 0 Å². The summed E-state index contributed by atoms with van der Waals surface area (Å²) in [5.41, 5.74) is 1.95. The standard InChI is InChI=1S/C30H48OSi/c1-30(2,3)31-21-13-7-6-8-14-23-19-20-24(22-23)32(4,5)29-27-17-11-9-15-25(27)26-16-10-12-18-28(26)29/h9-12,15-18,23-29H,6-8,13-14,19-22H2,1-5H3. The monoisotopic (exact) mass is 452 g/mol. The Labute approximate surface area is 199 Å². The van der Waals surface area contributed by atoms with Gasteiger partial charge in [0.15, 0.2) is 0 Å². The van der Waals surface area contributed by atoms with E-state index in [0.29, 0.717) is 0 Å². The Hall–Kier alpha value is -0.863. The molecule has 4 aliphatic carbocycles. The van der Waals surface area contributed by atoms with Gasteiger partial charge in [0.25, 0.3) is 0 Å². The number of allylic oxidation sites excluding steroid dienone is 8. The first kappa shape index (κ1) is 24.3. The summed E-state index contributed by atoms with van der Waals surface area (Å²) < 4.78 is 5.87. The minimum atomic E-state index is -1.37. The number of fused-ring (bicyclic) bond motifs is 3. The third-order valence-corrected chi connectivity index (χ3v) is 14.3. The van der Waals surface area contributed by atoms with Crippen LogP contribution in [0, 0.1) is 29.6 Å². The van der Waals surface area contributed by atoms with Gasteiger partial charge >= 0.3 is 0 Å². The minimum absolute atomic E-state index is 0.0162. The van der Waals surface area contributed by atoms with Crippen molar-refractivity contribution in [2.24, 2.45) is 29.6 Å². The van der Waals surface area contributed by atoms with Crippen molar-refractivity contribution in [3.05, 3.63) is 48.6 Å². The second-order valence-corrected chi connectivity index (χ2v) is 17.9. The lowest BCUT2D eigenvalue weighted by atomic mass is 9.83. The molecular formula is C30H48OSi. The molecule has 4 rings (SSSR count). The van der Waals surface area contributed by atoms with Gasteiger partial charge in [0, 0.05) is 6.61 Å². The third kappa shape index (κ3) is 5.44. The first-order valence-electron chi connectivity index (χ1n) is 13.6. The van der Waals surface area contributed by atoms with Gasteiger partial charge in [0.05, 0.1) is 13.7 Å². The van der Waals surface area contributed by atoms with E-state index in [4.69, 9.17) is 4.74 Å². The maximum absolute atomic E-state index is 5.87. The molecule has 2 heteroatoms. The molecule has 0 amide bonds. The van der Waals surface area contributed by atoms with Gasteiger partial charge in [-0.3, -0.25) is 0 Å². The van der Waals surface area contributed by atoms with Crippen LogP contribution in [0.1, 0.15) is 72.1 Å². The van der Waals surface area contributed by atoms with Crippen LogP contribution in [0.5, 0.6) is 0 Å². The highest BCUT2D eigenvalue weighted by atomic mass is 28.3. The van der Waals surface area contributed by atoms with Gasteiger partial charge in [-0.05, 0) is 74.3 Å². The Kier molecular flexibility index (Phi) is 7.72. The molecule has 2 saturated carbocycles. The maximum Gasteiger partial charge on any atom is 0.0598 e. The Bertz CT molecular complexity index is 702. The first-order chi connectivity index (χ1) is 15.3. The van der Waals surface area contributed by atoms with Crippen molar-refractivity contribution in [2.45, 2.75) is 102 Å². The topological polar surface area (TPSA) is 9.23 Å². The number of rotatable bonds is 9. The smallest absolute Gasteiger partial charge is 0.0598 e. The normalized spacial score (nSPS) is 36.0. The molecule has 178 valence electrons. The van der Waals surface area contributed by atoms with Gasteiger partial charge in [-0.25, -0.2) is 0 Å². The Morgan fingerprint density at radius 1 is 0.750 bits per heavy atom. The predicted octanol–water partition coefficient (Wildman–Crippen LogP) is 8.73. The van der Waals surface area contributed by atoms with Crippen LogP contribution in [0.25, 0.3) is 0 Å². The fraction of sp³-hybridized carbons (Fsp3) is 0.733. The van der Waals surface area contributed by atoms with Crippen molar-refractivity contribution in [1.29, 1.82) is 0 Å². The molecule has 0 N–H and O–H groups in total. The summed E-state index contributed by atoms with van der Waals surface area (Å²) in [5.74, 6) is 4.02. The van der Waals surface area contributed by atoms with Gasteiger partial charge in [-0.2, -0.15) is 0 Å². The molecule has 6 unspecified atom stereocenters. The Balaban J connectivity index is 1.27. The van der Waals surface area contributed by atoms with Crippen LogP contribution in [0.4, 0.5) is 0 Å².